The Balaban J connectivity index is 2.81. The molecule has 0 saturated carbocycles. The molecule has 102 valence electrons. The Hall–Kier alpha value is -1.36. The van der Waals surface area contributed by atoms with Crippen LogP contribution in [0.25, 0.3) is 0 Å². The van der Waals surface area contributed by atoms with Crippen LogP contribution in [-0.4, -0.2) is 25.5 Å². The van der Waals surface area contributed by atoms with E-state index in [-0.39, 0.29) is 0 Å². The molecule has 1 aliphatic carbocycles. The van der Waals surface area contributed by atoms with Gasteiger partial charge in [0.2, 0.25) is 0 Å². The lowest BCUT2D eigenvalue weighted by atomic mass is 9.80. The molecular weight excluding hydrogens is 256 g/mol. The van der Waals surface area contributed by atoms with E-state index in [0.717, 1.165) is 34.0 Å². The maximum atomic E-state index is 4.50. The van der Waals surface area contributed by atoms with E-state index in [9.17, 15) is 0 Å². The van der Waals surface area contributed by atoms with Crippen molar-refractivity contribution in [2.45, 2.75) is 27.7 Å². The summed E-state index contributed by atoms with van der Waals surface area (Å²) in [7, 11) is 3.65. The van der Waals surface area contributed by atoms with Crippen LogP contribution in [0.2, 0.25) is 0 Å². The van der Waals surface area contributed by atoms with E-state index in [1.54, 1.807) is 0 Å². The van der Waals surface area contributed by atoms with Gasteiger partial charge in [-0.25, -0.2) is 0 Å². The third-order valence-electron chi connectivity index (χ3n) is 3.34. The van der Waals surface area contributed by atoms with Gasteiger partial charge in [0, 0.05) is 25.2 Å². The molecule has 5 heteroatoms. The summed E-state index contributed by atoms with van der Waals surface area (Å²) < 4.78 is 8.99. The lowest BCUT2D eigenvalue weighted by Gasteiger charge is -2.26. The Labute approximate surface area is 118 Å². The predicted molar refractivity (Wildman–Crippen MR) is 82.7 cm³/mol. The summed E-state index contributed by atoms with van der Waals surface area (Å²) in [5.74, 6) is 0.707. The summed E-state index contributed by atoms with van der Waals surface area (Å²) in [5.41, 5.74) is 6.27. The third kappa shape index (κ3) is 2.16. The molecule has 2 rings (SSSR count). The Bertz CT molecular complexity index is 547. The highest BCUT2D eigenvalue weighted by atomic mass is 32.1. The Kier molecular flexibility index (Phi) is 3.94. The van der Waals surface area contributed by atoms with Gasteiger partial charge in [-0.15, -0.1) is 0 Å². The first-order valence-corrected chi connectivity index (χ1v) is 7.27. The molecule has 2 aliphatic rings. The largest absolute Gasteiger partial charge is 0.286 e. The molecule has 0 N–H and O–H groups in total. The van der Waals surface area contributed by atoms with E-state index in [0.29, 0.717) is 11.8 Å². The molecule has 0 fully saturated rings. The van der Waals surface area contributed by atoms with E-state index in [1.165, 1.54) is 11.4 Å². The summed E-state index contributed by atoms with van der Waals surface area (Å²) >= 11 is 1.27. The molecule has 0 saturated heterocycles. The first-order valence-electron chi connectivity index (χ1n) is 6.54. The van der Waals surface area contributed by atoms with Crippen molar-refractivity contribution in [1.29, 1.82) is 0 Å². The van der Waals surface area contributed by atoms with Gasteiger partial charge in [-0.1, -0.05) is 27.7 Å². The molecule has 0 unspecified atom stereocenters. The molecule has 0 radical (unpaired) electrons. The minimum Gasteiger partial charge on any atom is -0.286 e. The van der Waals surface area contributed by atoms with Crippen molar-refractivity contribution in [3.8, 4) is 0 Å². The summed E-state index contributed by atoms with van der Waals surface area (Å²) in [6.45, 7) is 8.66. The molecule has 0 spiro atoms. The zero-order valence-corrected chi connectivity index (χ0v) is 13.2. The minimum absolute atomic E-state index is 0.354. The van der Waals surface area contributed by atoms with Gasteiger partial charge in [0.1, 0.15) is 11.4 Å². The average Bonchev–Trinajstić information content (AvgIpc) is 2.82. The number of hydrogen-bond acceptors (Lipinski definition) is 4. The Morgan fingerprint density at radius 1 is 0.789 bits per heavy atom. The van der Waals surface area contributed by atoms with Crippen molar-refractivity contribution in [2.24, 2.45) is 30.5 Å². The van der Waals surface area contributed by atoms with Gasteiger partial charge in [0.25, 0.3) is 0 Å². The van der Waals surface area contributed by atoms with E-state index in [2.05, 4.69) is 46.4 Å². The highest BCUT2D eigenvalue weighted by molar-refractivity contribution is 7.57. The van der Waals surface area contributed by atoms with E-state index in [1.807, 2.05) is 14.1 Å². The maximum Gasteiger partial charge on any atom is 0.110 e. The first kappa shape index (κ1) is 14.1. The minimum atomic E-state index is 0.354. The van der Waals surface area contributed by atoms with E-state index in [4.69, 9.17) is 0 Å². The molecule has 0 aromatic heterocycles. The van der Waals surface area contributed by atoms with Crippen LogP contribution in [0.5, 0.6) is 0 Å². The molecule has 4 nitrogen and oxygen atoms in total. The molecule has 0 aromatic carbocycles. The Morgan fingerprint density at radius 3 is 1.42 bits per heavy atom. The lowest BCUT2D eigenvalue weighted by Crippen LogP contribution is -2.30. The smallest absolute Gasteiger partial charge is 0.110 e. The zero-order chi connectivity index (χ0) is 14.2. The van der Waals surface area contributed by atoms with Crippen LogP contribution in [0.1, 0.15) is 27.7 Å². The van der Waals surface area contributed by atoms with Gasteiger partial charge in [-0.05, 0) is 11.8 Å². The standard InChI is InChI=1S/C14H20N4S/c1-7(2)9-11(15-5)12(16-6)10(8(3)4)14-13(9)17-19-18-14/h7-8H,1-6H3/b15-11-,16-12-. The van der Waals surface area contributed by atoms with Gasteiger partial charge >= 0.3 is 0 Å². The van der Waals surface area contributed by atoms with E-state index < -0.39 is 0 Å². The topological polar surface area (TPSA) is 49.4 Å². The van der Waals surface area contributed by atoms with Gasteiger partial charge in [-0.3, -0.25) is 9.98 Å². The molecule has 1 aliphatic heterocycles. The van der Waals surface area contributed by atoms with Crippen molar-refractivity contribution in [3.63, 3.8) is 0 Å². The van der Waals surface area contributed by atoms with Crippen molar-refractivity contribution in [2.75, 3.05) is 14.1 Å². The molecular formula is C14H20N4S. The molecule has 1 heterocycles. The first-order chi connectivity index (χ1) is 9.02. The third-order valence-corrected chi connectivity index (χ3v) is 3.86. The predicted octanol–water partition coefficient (Wildman–Crippen LogP) is 3.43. The van der Waals surface area contributed by atoms with Gasteiger partial charge < -0.3 is 0 Å². The van der Waals surface area contributed by atoms with Crippen LogP contribution < -0.4 is 0 Å². The quantitative estimate of drug-likeness (QED) is 0.694. The van der Waals surface area contributed by atoms with Gasteiger partial charge in [0.05, 0.1) is 22.8 Å². The van der Waals surface area contributed by atoms with Gasteiger partial charge in [0.15, 0.2) is 0 Å². The second-order valence-electron chi connectivity index (χ2n) is 5.24. The second-order valence-corrected chi connectivity index (χ2v) is 5.77. The molecule has 0 bridgehead atoms. The summed E-state index contributed by atoms with van der Waals surface area (Å²) in [5, 5.41) is 0. The maximum absolute atomic E-state index is 4.50. The fourth-order valence-electron chi connectivity index (χ4n) is 2.57. The highest BCUT2D eigenvalue weighted by Gasteiger charge is 2.34. The van der Waals surface area contributed by atoms with Crippen LogP contribution in [0.3, 0.4) is 0 Å². The zero-order valence-electron chi connectivity index (χ0n) is 12.4. The van der Waals surface area contributed by atoms with Crippen LogP contribution in [0.4, 0.5) is 0 Å². The van der Waals surface area contributed by atoms with Crippen LogP contribution in [0, 0.1) is 11.8 Å². The average molecular weight is 276 g/mol. The SMILES string of the molecule is C/N=C1/C(C(C)C)=C2N=S=NC2=C(C(C)C)/C1=N/C. The highest BCUT2D eigenvalue weighted by Crippen LogP contribution is 2.37. The van der Waals surface area contributed by atoms with Crippen molar-refractivity contribution < 1.29 is 0 Å². The Morgan fingerprint density at radius 2 is 1.16 bits per heavy atom. The summed E-state index contributed by atoms with van der Waals surface area (Å²) in [6.07, 6.45) is 0. The van der Waals surface area contributed by atoms with Crippen molar-refractivity contribution in [1.82, 2.24) is 0 Å². The lowest BCUT2D eigenvalue weighted by molar-refractivity contribution is 0.769. The van der Waals surface area contributed by atoms with Gasteiger partial charge in [-0.2, -0.15) is 8.73 Å². The second kappa shape index (κ2) is 5.33. The number of aliphatic imine (C=N–C) groups is 2. The number of hydrogen-bond donors (Lipinski definition) is 0. The molecule has 0 aromatic rings. The normalized spacial score (nSPS) is 23.2. The summed E-state index contributed by atoms with van der Waals surface area (Å²) in [4.78, 5) is 8.96. The van der Waals surface area contributed by atoms with Crippen molar-refractivity contribution in [3.05, 3.63) is 22.5 Å². The molecule has 19 heavy (non-hydrogen) atoms. The van der Waals surface area contributed by atoms with Crippen molar-refractivity contribution >= 4 is 22.8 Å². The number of allylic oxidation sites excluding steroid dienone is 2. The van der Waals surface area contributed by atoms with Crippen LogP contribution >= 0.6 is 0 Å². The summed E-state index contributed by atoms with van der Waals surface area (Å²) in [6, 6.07) is 0. The van der Waals surface area contributed by atoms with Crippen LogP contribution in [0.15, 0.2) is 41.3 Å². The number of nitrogens with zero attached hydrogens (tertiary/aromatic N) is 4. The monoisotopic (exact) mass is 276 g/mol. The van der Waals surface area contributed by atoms with E-state index >= 15 is 0 Å². The number of fused-ring (bicyclic) bond motifs is 1. The fourth-order valence-corrected chi connectivity index (χ4v) is 3.14. The fraction of sp³-hybridized carbons (Fsp3) is 0.571. The molecule has 0 atom stereocenters. The van der Waals surface area contributed by atoms with Crippen LogP contribution in [-0.2, 0) is 11.4 Å². The number of rotatable bonds is 2. The molecule has 0 amide bonds.